The SMILES string of the molecule is O=[N+]([O-])c1cccc(-c2coc(NS(=O)(=O)c3ccc(-c4ccon4)s3)n2)c1. The molecule has 0 aliphatic heterocycles. The maximum atomic E-state index is 12.5. The standard InChI is InChI=1S/C16H10N4O6S2/c21-20(22)11-3-1-2-10(8-11)13-9-25-16(17-13)19-28(23,24)15-5-4-14(27-15)12-6-7-26-18-12/h1-9H,(H,17,19). The summed E-state index contributed by atoms with van der Waals surface area (Å²) in [6.07, 6.45) is 2.61. The molecule has 0 amide bonds. The van der Waals surface area contributed by atoms with Gasteiger partial charge in [0.1, 0.15) is 28.1 Å². The maximum Gasteiger partial charge on any atom is 0.309 e. The highest BCUT2D eigenvalue weighted by molar-refractivity contribution is 7.94. The molecule has 1 N–H and O–H groups in total. The van der Waals surface area contributed by atoms with Gasteiger partial charge in [-0.05, 0) is 12.1 Å². The van der Waals surface area contributed by atoms with E-state index in [0.29, 0.717) is 16.1 Å². The first-order chi connectivity index (χ1) is 13.4. The number of benzene rings is 1. The maximum absolute atomic E-state index is 12.5. The van der Waals surface area contributed by atoms with Gasteiger partial charge < -0.3 is 8.94 Å². The second-order valence-corrected chi connectivity index (χ2v) is 8.45. The lowest BCUT2D eigenvalue weighted by atomic mass is 10.1. The van der Waals surface area contributed by atoms with Crippen molar-refractivity contribution >= 4 is 33.1 Å². The van der Waals surface area contributed by atoms with E-state index < -0.39 is 14.9 Å². The molecule has 4 aromatic rings. The molecule has 3 aromatic heterocycles. The van der Waals surface area contributed by atoms with E-state index in [1.807, 2.05) is 0 Å². The zero-order valence-corrected chi connectivity index (χ0v) is 15.4. The second-order valence-electron chi connectivity index (χ2n) is 5.45. The summed E-state index contributed by atoms with van der Waals surface area (Å²) in [5, 5.41) is 14.6. The lowest BCUT2D eigenvalue weighted by Gasteiger charge is -2.00. The molecule has 0 unspecified atom stereocenters. The second kappa shape index (κ2) is 6.90. The van der Waals surface area contributed by atoms with Crippen LogP contribution in [0.25, 0.3) is 21.8 Å². The predicted octanol–water partition coefficient (Wildman–Crippen LogP) is 3.77. The zero-order valence-electron chi connectivity index (χ0n) is 13.8. The van der Waals surface area contributed by atoms with Crippen LogP contribution in [0.3, 0.4) is 0 Å². The Morgan fingerprint density at radius 1 is 1.14 bits per heavy atom. The summed E-state index contributed by atoms with van der Waals surface area (Å²) in [4.78, 5) is 15.0. The summed E-state index contributed by atoms with van der Waals surface area (Å²) < 4.78 is 37.3. The van der Waals surface area contributed by atoms with Crippen molar-refractivity contribution < 1.29 is 22.3 Å². The Balaban J connectivity index is 1.56. The number of rotatable bonds is 6. The number of hydrogen-bond donors (Lipinski definition) is 1. The Hall–Kier alpha value is -3.51. The number of sulfonamides is 1. The quantitative estimate of drug-likeness (QED) is 0.368. The Labute approximate surface area is 161 Å². The summed E-state index contributed by atoms with van der Waals surface area (Å²) in [6.45, 7) is 0. The molecule has 12 heteroatoms. The highest BCUT2D eigenvalue weighted by Crippen LogP contribution is 2.31. The first-order valence-corrected chi connectivity index (χ1v) is 9.96. The smallest absolute Gasteiger partial charge is 0.309 e. The summed E-state index contributed by atoms with van der Waals surface area (Å²) in [5.41, 5.74) is 1.10. The molecule has 28 heavy (non-hydrogen) atoms. The van der Waals surface area contributed by atoms with Crippen LogP contribution in [-0.2, 0) is 10.0 Å². The summed E-state index contributed by atoms with van der Waals surface area (Å²) in [5.74, 6) is 0. The molecular formula is C16H10N4O6S2. The van der Waals surface area contributed by atoms with E-state index in [9.17, 15) is 18.5 Å². The van der Waals surface area contributed by atoms with Crippen molar-refractivity contribution in [3.05, 3.63) is 65.1 Å². The molecule has 0 aliphatic carbocycles. The molecule has 0 saturated heterocycles. The van der Waals surface area contributed by atoms with Crippen molar-refractivity contribution in [3.63, 3.8) is 0 Å². The predicted molar refractivity (Wildman–Crippen MR) is 99.2 cm³/mol. The number of anilines is 1. The highest BCUT2D eigenvalue weighted by Gasteiger charge is 2.21. The Morgan fingerprint density at radius 2 is 2.00 bits per heavy atom. The summed E-state index contributed by atoms with van der Waals surface area (Å²) in [6, 6.07) is 10.2. The van der Waals surface area contributed by atoms with Gasteiger partial charge in [-0.2, -0.15) is 4.98 Å². The van der Waals surface area contributed by atoms with Crippen LogP contribution in [0.5, 0.6) is 0 Å². The van der Waals surface area contributed by atoms with E-state index in [0.717, 1.165) is 11.3 Å². The largest absolute Gasteiger partial charge is 0.431 e. The minimum Gasteiger partial charge on any atom is -0.431 e. The van der Waals surface area contributed by atoms with Gasteiger partial charge in [0.2, 0.25) is 0 Å². The van der Waals surface area contributed by atoms with Gasteiger partial charge >= 0.3 is 6.01 Å². The number of nitro groups is 1. The van der Waals surface area contributed by atoms with E-state index in [1.54, 1.807) is 18.2 Å². The minimum atomic E-state index is -3.93. The number of nitro benzene ring substituents is 1. The van der Waals surface area contributed by atoms with Gasteiger partial charge in [0.25, 0.3) is 15.7 Å². The Morgan fingerprint density at radius 3 is 2.75 bits per heavy atom. The van der Waals surface area contributed by atoms with Crippen LogP contribution in [-0.4, -0.2) is 23.5 Å². The average molecular weight is 418 g/mol. The first kappa shape index (κ1) is 17.9. The third-order valence-corrected chi connectivity index (χ3v) is 6.53. The third kappa shape index (κ3) is 3.50. The molecule has 10 nitrogen and oxygen atoms in total. The van der Waals surface area contributed by atoms with Crippen molar-refractivity contribution in [2.75, 3.05) is 4.72 Å². The topological polar surface area (TPSA) is 141 Å². The molecule has 0 radical (unpaired) electrons. The van der Waals surface area contributed by atoms with Crippen LogP contribution < -0.4 is 4.72 Å². The monoisotopic (exact) mass is 418 g/mol. The van der Waals surface area contributed by atoms with Crippen LogP contribution >= 0.6 is 11.3 Å². The number of nitrogens with one attached hydrogen (secondary N) is 1. The first-order valence-electron chi connectivity index (χ1n) is 7.66. The molecule has 0 fully saturated rings. The third-order valence-electron chi connectivity index (χ3n) is 3.62. The fraction of sp³-hybridized carbons (Fsp3) is 0. The lowest BCUT2D eigenvalue weighted by molar-refractivity contribution is -0.384. The average Bonchev–Trinajstić information content (AvgIpc) is 3.42. The molecule has 0 aliphatic rings. The number of aromatic nitrogens is 2. The van der Waals surface area contributed by atoms with Gasteiger partial charge in [-0.25, -0.2) is 13.1 Å². The minimum absolute atomic E-state index is 0.0422. The lowest BCUT2D eigenvalue weighted by Crippen LogP contribution is -2.11. The van der Waals surface area contributed by atoms with Crippen LogP contribution in [0.4, 0.5) is 11.7 Å². The molecular weight excluding hydrogens is 408 g/mol. The van der Waals surface area contributed by atoms with Gasteiger partial charge in [0.05, 0.1) is 9.80 Å². The fourth-order valence-corrected chi connectivity index (χ4v) is 4.54. The molecule has 1 aromatic carbocycles. The number of nitrogens with zero attached hydrogens (tertiary/aromatic N) is 3. The van der Waals surface area contributed by atoms with Crippen molar-refractivity contribution in [2.24, 2.45) is 0 Å². The van der Waals surface area contributed by atoms with E-state index in [1.165, 1.54) is 36.8 Å². The zero-order chi connectivity index (χ0) is 19.7. The molecule has 3 heterocycles. The van der Waals surface area contributed by atoms with E-state index >= 15 is 0 Å². The number of non-ortho nitro benzene ring substituents is 1. The van der Waals surface area contributed by atoms with Gasteiger partial charge in [-0.15, -0.1) is 11.3 Å². The molecule has 142 valence electrons. The van der Waals surface area contributed by atoms with E-state index in [-0.39, 0.29) is 21.6 Å². The fourth-order valence-electron chi connectivity index (χ4n) is 2.34. The summed E-state index contributed by atoms with van der Waals surface area (Å²) >= 11 is 1.01. The van der Waals surface area contributed by atoms with Gasteiger partial charge in [0, 0.05) is 23.8 Å². The molecule has 0 atom stereocenters. The number of hydrogen-bond acceptors (Lipinski definition) is 9. The number of oxazole rings is 1. The van der Waals surface area contributed by atoms with E-state index in [4.69, 9.17) is 8.94 Å². The van der Waals surface area contributed by atoms with Gasteiger partial charge in [0.15, 0.2) is 0 Å². The normalized spacial score (nSPS) is 11.4. The molecule has 0 bridgehead atoms. The highest BCUT2D eigenvalue weighted by atomic mass is 32.2. The van der Waals surface area contributed by atoms with Crippen LogP contribution in [0.1, 0.15) is 0 Å². The van der Waals surface area contributed by atoms with E-state index in [2.05, 4.69) is 14.9 Å². The van der Waals surface area contributed by atoms with Crippen molar-refractivity contribution in [3.8, 4) is 21.8 Å². The van der Waals surface area contributed by atoms with Crippen LogP contribution in [0.2, 0.25) is 0 Å². The van der Waals surface area contributed by atoms with Crippen LogP contribution in [0.15, 0.2) is 68.1 Å². The van der Waals surface area contributed by atoms with Crippen molar-refractivity contribution in [2.45, 2.75) is 4.21 Å². The summed E-state index contributed by atoms with van der Waals surface area (Å²) in [7, 11) is -3.93. The number of thiophene rings is 1. The Bertz CT molecular complexity index is 1240. The van der Waals surface area contributed by atoms with Gasteiger partial charge in [-0.1, -0.05) is 17.3 Å². The van der Waals surface area contributed by atoms with Crippen molar-refractivity contribution in [1.29, 1.82) is 0 Å². The molecule has 0 saturated carbocycles. The van der Waals surface area contributed by atoms with Gasteiger partial charge in [-0.3, -0.25) is 10.1 Å². The molecule has 4 rings (SSSR count). The Kier molecular flexibility index (Phi) is 4.41. The van der Waals surface area contributed by atoms with Crippen molar-refractivity contribution in [1.82, 2.24) is 10.1 Å². The molecule has 0 spiro atoms. The van der Waals surface area contributed by atoms with Crippen LogP contribution in [0, 0.1) is 10.1 Å².